The van der Waals surface area contributed by atoms with Crippen molar-refractivity contribution >= 4 is 0 Å². The van der Waals surface area contributed by atoms with Gasteiger partial charge in [0.1, 0.15) is 0 Å². The molecular formula is C11H24O2. The van der Waals surface area contributed by atoms with Gasteiger partial charge in [0.05, 0.1) is 12.2 Å². The molecule has 0 heterocycles. The Balaban J connectivity index is 3.83. The van der Waals surface area contributed by atoms with Crippen LogP contribution in [0.2, 0.25) is 0 Å². The topological polar surface area (TPSA) is 40.5 Å². The minimum absolute atomic E-state index is 0.256. The summed E-state index contributed by atoms with van der Waals surface area (Å²) in [5.41, 5.74) is 0. The van der Waals surface area contributed by atoms with Crippen LogP contribution < -0.4 is 0 Å². The fraction of sp³-hybridized carbons (Fsp3) is 1.00. The third-order valence-electron chi connectivity index (χ3n) is 2.78. The van der Waals surface area contributed by atoms with E-state index in [1.165, 1.54) is 0 Å². The number of unbranched alkanes of at least 4 members (excludes halogenated alkanes) is 1. The van der Waals surface area contributed by atoms with Crippen LogP contribution in [0, 0.1) is 5.92 Å². The van der Waals surface area contributed by atoms with Gasteiger partial charge in [0.25, 0.3) is 0 Å². The SMILES string of the molecule is CCCCC(O)C(O)C(CC)CC. The van der Waals surface area contributed by atoms with E-state index < -0.39 is 12.2 Å². The van der Waals surface area contributed by atoms with E-state index in [1.54, 1.807) is 0 Å². The zero-order chi connectivity index (χ0) is 10.3. The van der Waals surface area contributed by atoms with Gasteiger partial charge in [0.2, 0.25) is 0 Å². The summed E-state index contributed by atoms with van der Waals surface area (Å²) in [6, 6.07) is 0. The highest BCUT2D eigenvalue weighted by Crippen LogP contribution is 2.18. The molecule has 13 heavy (non-hydrogen) atoms. The lowest BCUT2D eigenvalue weighted by molar-refractivity contribution is -0.0240. The number of hydrogen-bond acceptors (Lipinski definition) is 2. The molecule has 0 saturated heterocycles. The molecule has 0 aromatic carbocycles. The Bertz CT molecular complexity index is 111. The summed E-state index contributed by atoms with van der Waals surface area (Å²) in [6.45, 7) is 6.21. The fourth-order valence-corrected chi connectivity index (χ4v) is 1.67. The molecule has 2 heteroatoms. The summed E-state index contributed by atoms with van der Waals surface area (Å²) < 4.78 is 0. The zero-order valence-electron chi connectivity index (χ0n) is 9.16. The van der Waals surface area contributed by atoms with Crippen LogP contribution in [0.15, 0.2) is 0 Å². The highest BCUT2D eigenvalue weighted by atomic mass is 16.3. The first-order chi connectivity index (χ1) is 6.17. The van der Waals surface area contributed by atoms with E-state index in [0.29, 0.717) is 0 Å². The number of aliphatic hydroxyl groups excluding tert-OH is 2. The molecule has 0 aliphatic heterocycles. The van der Waals surface area contributed by atoms with Crippen molar-refractivity contribution in [3.05, 3.63) is 0 Å². The van der Waals surface area contributed by atoms with E-state index in [4.69, 9.17) is 0 Å². The van der Waals surface area contributed by atoms with E-state index in [2.05, 4.69) is 20.8 Å². The quantitative estimate of drug-likeness (QED) is 0.644. The third kappa shape index (κ3) is 4.63. The van der Waals surface area contributed by atoms with Crippen LogP contribution in [0.25, 0.3) is 0 Å². The summed E-state index contributed by atoms with van der Waals surface area (Å²) >= 11 is 0. The molecule has 2 atom stereocenters. The average molecular weight is 188 g/mol. The Morgan fingerprint density at radius 2 is 1.54 bits per heavy atom. The molecule has 0 amide bonds. The predicted molar refractivity (Wildman–Crippen MR) is 55.6 cm³/mol. The van der Waals surface area contributed by atoms with Gasteiger partial charge in [0, 0.05) is 0 Å². The Morgan fingerprint density at radius 1 is 1.00 bits per heavy atom. The van der Waals surface area contributed by atoms with Crippen LogP contribution in [0.3, 0.4) is 0 Å². The van der Waals surface area contributed by atoms with Gasteiger partial charge in [-0.05, 0) is 12.3 Å². The molecular weight excluding hydrogens is 164 g/mol. The molecule has 0 fully saturated rings. The van der Waals surface area contributed by atoms with Gasteiger partial charge in [-0.1, -0.05) is 46.5 Å². The highest BCUT2D eigenvalue weighted by Gasteiger charge is 2.22. The van der Waals surface area contributed by atoms with Crippen molar-refractivity contribution in [1.82, 2.24) is 0 Å². The maximum atomic E-state index is 9.75. The van der Waals surface area contributed by atoms with Gasteiger partial charge in [-0.3, -0.25) is 0 Å². The summed E-state index contributed by atoms with van der Waals surface area (Å²) in [4.78, 5) is 0. The monoisotopic (exact) mass is 188 g/mol. The second-order valence-corrected chi connectivity index (χ2v) is 3.78. The first-order valence-electron chi connectivity index (χ1n) is 5.53. The van der Waals surface area contributed by atoms with Gasteiger partial charge < -0.3 is 10.2 Å². The predicted octanol–water partition coefficient (Wildman–Crippen LogP) is 2.33. The van der Waals surface area contributed by atoms with Gasteiger partial charge in [-0.2, -0.15) is 0 Å². The van der Waals surface area contributed by atoms with Gasteiger partial charge in [-0.15, -0.1) is 0 Å². The van der Waals surface area contributed by atoms with Crippen LogP contribution in [-0.4, -0.2) is 22.4 Å². The largest absolute Gasteiger partial charge is 0.390 e. The normalized spacial score (nSPS) is 16.2. The van der Waals surface area contributed by atoms with Crippen molar-refractivity contribution in [3.8, 4) is 0 Å². The molecule has 2 N–H and O–H groups in total. The Morgan fingerprint density at radius 3 is 1.92 bits per heavy atom. The number of aliphatic hydroxyl groups is 2. The first kappa shape index (κ1) is 12.9. The van der Waals surface area contributed by atoms with E-state index >= 15 is 0 Å². The zero-order valence-corrected chi connectivity index (χ0v) is 9.16. The maximum absolute atomic E-state index is 9.75. The first-order valence-corrected chi connectivity index (χ1v) is 5.53. The summed E-state index contributed by atoms with van der Waals surface area (Å²) in [7, 11) is 0. The van der Waals surface area contributed by atoms with E-state index in [1.807, 2.05) is 0 Å². The van der Waals surface area contributed by atoms with E-state index in [0.717, 1.165) is 32.1 Å². The van der Waals surface area contributed by atoms with Crippen molar-refractivity contribution in [2.24, 2.45) is 5.92 Å². The van der Waals surface area contributed by atoms with Crippen molar-refractivity contribution < 1.29 is 10.2 Å². The molecule has 2 nitrogen and oxygen atoms in total. The van der Waals surface area contributed by atoms with Crippen molar-refractivity contribution in [1.29, 1.82) is 0 Å². The molecule has 0 saturated carbocycles. The summed E-state index contributed by atoms with van der Waals surface area (Å²) in [6.07, 6.45) is 3.65. The lowest BCUT2D eigenvalue weighted by Gasteiger charge is -2.24. The van der Waals surface area contributed by atoms with Gasteiger partial charge in [0.15, 0.2) is 0 Å². The van der Waals surface area contributed by atoms with E-state index in [9.17, 15) is 10.2 Å². The highest BCUT2D eigenvalue weighted by molar-refractivity contribution is 4.74. The standard InChI is InChI=1S/C11H24O2/c1-4-7-8-10(12)11(13)9(5-2)6-3/h9-13H,4-8H2,1-3H3. The third-order valence-corrected chi connectivity index (χ3v) is 2.78. The van der Waals surface area contributed by atoms with Crippen molar-refractivity contribution in [3.63, 3.8) is 0 Å². The molecule has 0 radical (unpaired) electrons. The molecule has 0 spiro atoms. The van der Waals surface area contributed by atoms with Crippen molar-refractivity contribution in [2.45, 2.75) is 65.1 Å². The second-order valence-electron chi connectivity index (χ2n) is 3.78. The summed E-state index contributed by atoms with van der Waals surface area (Å²) in [5, 5.41) is 19.4. The molecule has 80 valence electrons. The minimum atomic E-state index is -0.526. The molecule has 2 unspecified atom stereocenters. The Kier molecular flexibility index (Phi) is 7.29. The van der Waals surface area contributed by atoms with Crippen LogP contribution >= 0.6 is 0 Å². The molecule has 0 aromatic rings. The Hall–Kier alpha value is -0.0800. The average Bonchev–Trinajstić information content (AvgIpc) is 2.15. The van der Waals surface area contributed by atoms with Crippen LogP contribution in [0.1, 0.15) is 52.9 Å². The van der Waals surface area contributed by atoms with Crippen molar-refractivity contribution in [2.75, 3.05) is 0 Å². The van der Waals surface area contributed by atoms with Gasteiger partial charge >= 0.3 is 0 Å². The Labute approximate surface area is 82.0 Å². The van der Waals surface area contributed by atoms with Crippen LogP contribution in [0.5, 0.6) is 0 Å². The lowest BCUT2D eigenvalue weighted by Crippen LogP contribution is -2.32. The minimum Gasteiger partial charge on any atom is -0.390 e. The fourth-order valence-electron chi connectivity index (χ4n) is 1.67. The molecule has 0 aliphatic rings. The lowest BCUT2D eigenvalue weighted by atomic mass is 9.91. The number of rotatable bonds is 7. The van der Waals surface area contributed by atoms with Crippen LogP contribution in [-0.2, 0) is 0 Å². The summed E-state index contributed by atoms with van der Waals surface area (Å²) in [5.74, 6) is 0.256. The van der Waals surface area contributed by atoms with E-state index in [-0.39, 0.29) is 5.92 Å². The van der Waals surface area contributed by atoms with Gasteiger partial charge in [-0.25, -0.2) is 0 Å². The second kappa shape index (κ2) is 7.34. The smallest absolute Gasteiger partial charge is 0.0826 e. The molecule has 0 aromatic heterocycles. The number of hydrogen-bond donors (Lipinski definition) is 2. The molecule has 0 rings (SSSR count). The molecule has 0 bridgehead atoms. The maximum Gasteiger partial charge on any atom is 0.0826 e. The molecule has 0 aliphatic carbocycles. The van der Waals surface area contributed by atoms with Crippen LogP contribution in [0.4, 0.5) is 0 Å².